The van der Waals surface area contributed by atoms with Crippen LogP contribution in [0.25, 0.3) is 10.9 Å². The number of anilines is 1. The third kappa shape index (κ3) is 6.99. The van der Waals surface area contributed by atoms with Crippen molar-refractivity contribution in [1.29, 1.82) is 0 Å². The van der Waals surface area contributed by atoms with Crippen LogP contribution in [-0.4, -0.2) is 40.6 Å². The number of carbonyl (C=O) groups is 3. The number of H-pyrrole nitrogens is 1. The van der Waals surface area contributed by atoms with E-state index in [4.69, 9.17) is 15.2 Å². The van der Waals surface area contributed by atoms with Crippen LogP contribution < -0.4 is 21.1 Å². The van der Waals surface area contributed by atoms with E-state index in [2.05, 4.69) is 15.6 Å². The number of para-hydroxylation sites is 1. The Morgan fingerprint density at radius 1 is 1.09 bits per heavy atom. The molecular formula is C26H32N4O5. The number of ether oxygens (including phenoxy) is 2. The Balaban J connectivity index is 1.86. The number of hydrogen-bond donors (Lipinski definition) is 4. The highest BCUT2D eigenvalue weighted by atomic mass is 16.6. The zero-order chi connectivity index (χ0) is 25.8. The summed E-state index contributed by atoms with van der Waals surface area (Å²) >= 11 is 0. The third-order valence-electron chi connectivity index (χ3n) is 4.98. The van der Waals surface area contributed by atoms with Crippen LogP contribution in [0.3, 0.4) is 0 Å². The lowest BCUT2D eigenvalue weighted by Crippen LogP contribution is -2.47. The van der Waals surface area contributed by atoms with Gasteiger partial charge in [-0.3, -0.25) is 9.59 Å². The largest absolute Gasteiger partial charge is 0.490 e. The maximum Gasteiger partial charge on any atom is 0.408 e. The van der Waals surface area contributed by atoms with Crippen LogP contribution in [0.4, 0.5) is 10.5 Å². The Morgan fingerprint density at radius 3 is 2.46 bits per heavy atom. The molecule has 5 N–H and O–H groups in total. The van der Waals surface area contributed by atoms with Gasteiger partial charge in [0.05, 0.1) is 11.7 Å². The first-order chi connectivity index (χ1) is 16.4. The van der Waals surface area contributed by atoms with Gasteiger partial charge in [-0.25, -0.2) is 4.79 Å². The van der Waals surface area contributed by atoms with Gasteiger partial charge in [-0.1, -0.05) is 18.2 Å². The number of aromatic amines is 1. The molecule has 35 heavy (non-hydrogen) atoms. The van der Waals surface area contributed by atoms with E-state index in [1.165, 1.54) is 6.07 Å². The van der Waals surface area contributed by atoms with Gasteiger partial charge in [-0.05, 0) is 64.4 Å². The van der Waals surface area contributed by atoms with E-state index < -0.39 is 29.6 Å². The lowest BCUT2D eigenvalue weighted by Gasteiger charge is -2.23. The van der Waals surface area contributed by atoms with Gasteiger partial charge in [0.15, 0.2) is 0 Å². The SMILES string of the molecule is CC(C)Oc1ccc(NC(=O)[C@H](Cc2c[nH]c3ccccc23)NC(=O)OC(C)(C)C)cc1C(N)=O. The maximum atomic E-state index is 13.3. The van der Waals surface area contributed by atoms with Crippen molar-refractivity contribution in [2.75, 3.05) is 5.32 Å². The van der Waals surface area contributed by atoms with E-state index in [1.807, 2.05) is 44.3 Å². The topological polar surface area (TPSA) is 136 Å². The molecule has 0 fully saturated rings. The summed E-state index contributed by atoms with van der Waals surface area (Å²) in [5.74, 6) is -0.833. The number of primary amides is 1. The molecule has 2 aromatic carbocycles. The Morgan fingerprint density at radius 2 is 1.80 bits per heavy atom. The van der Waals surface area contributed by atoms with Crippen LogP contribution in [0.2, 0.25) is 0 Å². The van der Waals surface area contributed by atoms with Gasteiger partial charge >= 0.3 is 6.09 Å². The number of carbonyl (C=O) groups excluding carboxylic acids is 3. The van der Waals surface area contributed by atoms with Crippen LogP contribution in [0.1, 0.15) is 50.5 Å². The van der Waals surface area contributed by atoms with E-state index in [-0.39, 0.29) is 18.1 Å². The lowest BCUT2D eigenvalue weighted by atomic mass is 10.0. The van der Waals surface area contributed by atoms with Crippen molar-refractivity contribution >= 4 is 34.5 Å². The van der Waals surface area contributed by atoms with Crippen LogP contribution in [0.5, 0.6) is 5.75 Å². The lowest BCUT2D eigenvalue weighted by molar-refractivity contribution is -0.118. The van der Waals surface area contributed by atoms with Gasteiger partial charge in [0, 0.05) is 29.2 Å². The molecule has 1 heterocycles. The minimum atomic E-state index is -0.951. The molecule has 3 amide bonds. The average Bonchev–Trinajstić information content (AvgIpc) is 3.15. The number of nitrogens with two attached hydrogens (primary N) is 1. The number of alkyl carbamates (subject to hydrolysis) is 1. The summed E-state index contributed by atoms with van der Waals surface area (Å²) in [6.07, 6.45) is 1.15. The standard InChI is InChI=1S/C26H32N4O5/c1-15(2)34-22-11-10-17(13-19(22)23(27)31)29-24(32)21(30-25(33)35-26(3,4)5)12-16-14-28-20-9-7-6-8-18(16)20/h6-11,13-15,21,28H,12H2,1-5H3,(H2,27,31)(H,29,32)(H,30,33)/t21-/m0/s1. The molecule has 0 unspecified atom stereocenters. The number of fused-ring (bicyclic) bond motifs is 1. The molecule has 0 bridgehead atoms. The summed E-state index contributed by atoms with van der Waals surface area (Å²) in [4.78, 5) is 40.9. The Kier molecular flexibility index (Phi) is 7.68. The average molecular weight is 481 g/mol. The molecule has 186 valence electrons. The normalized spacial score (nSPS) is 12.3. The van der Waals surface area contributed by atoms with Crippen LogP contribution >= 0.6 is 0 Å². The molecule has 9 nitrogen and oxygen atoms in total. The molecule has 1 atom stereocenters. The Hall–Kier alpha value is -4.01. The van der Waals surface area contributed by atoms with E-state index in [0.717, 1.165) is 16.5 Å². The minimum absolute atomic E-state index is 0.143. The fourth-order valence-corrected chi connectivity index (χ4v) is 3.57. The highest BCUT2D eigenvalue weighted by Gasteiger charge is 2.26. The zero-order valence-corrected chi connectivity index (χ0v) is 20.6. The summed E-state index contributed by atoms with van der Waals surface area (Å²) in [6, 6.07) is 11.4. The maximum absolute atomic E-state index is 13.3. The first kappa shape index (κ1) is 25.6. The predicted octanol–water partition coefficient (Wildman–Crippen LogP) is 4.13. The smallest absolute Gasteiger partial charge is 0.408 e. The van der Waals surface area contributed by atoms with Crippen molar-refractivity contribution in [3.63, 3.8) is 0 Å². The quantitative estimate of drug-likeness (QED) is 0.384. The van der Waals surface area contributed by atoms with Gasteiger partial charge in [0.2, 0.25) is 5.91 Å². The highest BCUT2D eigenvalue weighted by molar-refractivity contribution is 6.00. The molecule has 0 saturated heterocycles. The molecule has 0 saturated carbocycles. The highest BCUT2D eigenvalue weighted by Crippen LogP contribution is 2.25. The van der Waals surface area contributed by atoms with Gasteiger partial charge < -0.3 is 30.8 Å². The predicted molar refractivity (Wildman–Crippen MR) is 135 cm³/mol. The molecular weight excluding hydrogens is 448 g/mol. The summed E-state index contributed by atoms with van der Waals surface area (Å²) in [5.41, 5.74) is 7.05. The molecule has 0 aliphatic rings. The third-order valence-corrected chi connectivity index (χ3v) is 4.98. The molecule has 3 aromatic rings. The Bertz CT molecular complexity index is 1230. The van der Waals surface area contributed by atoms with Crippen LogP contribution in [0.15, 0.2) is 48.7 Å². The van der Waals surface area contributed by atoms with Crippen molar-refractivity contribution in [1.82, 2.24) is 10.3 Å². The number of benzene rings is 2. The van der Waals surface area contributed by atoms with Crippen LogP contribution in [-0.2, 0) is 16.0 Å². The number of nitrogens with one attached hydrogen (secondary N) is 3. The summed E-state index contributed by atoms with van der Waals surface area (Å²) < 4.78 is 11.0. The second kappa shape index (κ2) is 10.5. The number of hydrogen-bond acceptors (Lipinski definition) is 5. The summed E-state index contributed by atoms with van der Waals surface area (Å²) in [6.45, 7) is 8.89. The first-order valence-corrected chi connectivity index (χ1v) is 11.4. The second-order valence-corrected chi connectivity index (χ2v) is 9.49. The van der Waals surface area contributed by atoms with E-state index in [0.29, 0.717) is 11.4 Å². The monoisotopic (exact) mass is 480 g/mol. The van der Waals surface area contributed by atoms with E-state index >= 15 is 0 Å². The molecule has 1 aromatic heterocycles. The fraction of sp³-hybridized carbons (Fsp3) is 0.346. The van der Waals surface area contributed by atoms with Crippen molar-refractivity contribution in [2.24, 2.45) is 5.73 Å². The van der Waals surface area contributed by atoms with Gasteiger partial charge in [-0.15, -0.1) is 0 Å². The fourth-order valence-electron chi connectivity index (χ4n) is 3.57. The zero-order valence-electron chi connectivity index (χ0n) is 20.6. The van der Waals surface area contributed by atoms with Gasteiger partial charge in [0.25, 0.3) is 5.91 Å². The molecule has 0 aliphatic carbocycles. The molecule has 0 aliphatic heterocycles. The number of amides is 3. The molecule has 9 heteroatoms. The van der Waals surface area contributed by atoms with Crippen molar-refractivity contribution in [2.45, 2.75) is 58.8 Å². The molecule has 0 radical (unpaired) electrons. The molecule has 3 rings (SSSR count). The van der Waals surface area contributed by atoms with Gasteiger partial charge in [0.1, 0.15) is 17.4 Å². The minimum Gasteiger partial charge on any atom is -0.490 e. The van der Waals surface area contributed by atoms with Gasteiger partial charge in [-0.2, -0.15) is 0 Å². The van der Waals surface area contributed by atoms with E-state index in [1.54, 1.807) is 32.9 Å². The van der Waals surface area contributed by atoms with Crippen molar-refractivity contribution < 1.29 is 23.9 Å². The van der Waals surface area contributed by atoms with Crippen molar-refractivity contribution in [3.8, 4) is 5.75 Å². The molecule has 0 spiro atoms. The second-order valence-electron chi connectivity index (χ2n) is 9.49. The summed E-state index contributed by atoms with van der Waals surface area (Å²) in [5, 5.41) is 6.38. The van der Waals surface area contributed by atoms with E-state index in [9.17, 15) is 14.4 Å². The summed E-state index contributed by atoms with van der Waals surface area (Å²) in [7, 11) is 0. The van der Waals surface area contributed by atoms with Crippen LogP contribution in [0, 0.1) is 0 Å². The Labute approximate surface area is 204 Å². The number of rotatable bonds is 8. The number of aromatic nitrogens is 1. The van der Waals surface area contributed by atoms with Crippen molar-refractivity contribution in [3.05, 3.63) is 59.8 Å². The first-order valence-electron chi connectivity index (χ1n) is 11.4.